The molecule has 0 spiro atoms. The maximum atomic E-state index is 12.4. The summed E-state index contributed by atoms with van der Waals surface area (Å²) in [6.45, 7) is 3.94. The molecule has 2 rings (SSSR count). The Labute approximate surface area is 166 Å². The van der Waals surface area contributed by atoms with Crippen LogP contribution in [-0.2, 0) is 17.8 Å². The Morgan fingerprint density at radius 2 is 1.90 bits per heavy atom. The normalized spacial score (nSPS) is 11.2. The highest BCUT2D eigenvalue weighted by atomic mass is 19.4. The third-order valence-electron chi connectivity index (χ3n) is 4.01. The van der Waals surface area contributed by atoms with Gasteiger partial charge in [0, 0.05) is 43.0 Å². The van der Waals surface area contributed by atoms with Gasteiger partial charge in [0.1, 0.15) is 5.78 Å². The van der Waals surface area contributed by atoms with Crippen LogP contribution in [0.3, 0.4) is 0 Å². The molecular formula is C20H22F3N3O3. The monoisotopic (exact) mass is 409 g/mol. The fraction of sp³-hybridized carbons (Fsp3) is 0.400. The molecule has 0 fully saturated rings. The number of pyridine rings is 2. The molecule has 0 aliphatic carbocycles. The third-order valence-corrected chi connectivity index (χ3v) is 4.01. The zero-order valence-corrected chi connectivity index (χ0v) is 16.4. The Morgan fingerprint density at radius 1 is 1.17 bits per heavy atom. The van der Waals surface area contributed by atoms with E-state index in [4.69, 9.17) is 0 Å². The number of hydrogen-bond acceptors (Lipinski definition) is 5. The van der Waals surface area contributed by atoms with Gasteiger partial charge in [-0.05, 0) is 37.1 Å². The molecule has 29 heavy (non-hydrogen) atoms. The van der Waals surface area contributed by atoms with Gasteiger partial charge in [0.15, 0.2) is 6.61 Å². The first-order chi connectivity index (χ1) is 13.6. The van der Waals surface area contributed by atoms with Crippen molar-refractivity contribution in [1.82, 2.24) is 15.3 Å². The van der Waals surface area contributed by atoms with Crippen molar-refractivity contribution in [2.24, 2.45) is 0 Å². The van der Waals surface area contributed by atoms with Crippen molar-refractivity contribution < 1.29 is 27.5 Å². The van der Waals surface area contributed by atoms with Crippen LogP contribution in [0.5, 0.6) is 5.88 Å². The number of Topliss-reactive ketones (excluding diaryl/α,β-unsaturated/α-hetero) is 1. The largest absolute Gasteiger partial charge is 0.468 e. The molecule has 156 valence electrons. The lowest BCUT2D eigenvalue weighted by atomic mass is 10.1. The maximum Gasteiger partial charge on any atom is 0.422 e. The summed E-state index contributed by atoms with van der Waals surface area (Å²) in [5.74, 6) is -0.544. The minimum atomic E-state index is -4.46. The van der Waals surface area contributed by atoms with Gasteiger partial charge in [-0.25, -0.2) is 4.98 Å². The van der Waals surface area contributed by atoms with Crippen molar-refractivity contribution in [1.29, 1.82) is 0 Å². The summed E-state index contributed by atoms with van der Waals surface area (Å²) in [7, 11) is 0. The minimum Gasteiger partial charge on any atom is -0.468 e. The average molecular weight is 409 g/mol. The standard InChI is InChI=1S/C20H22F3N3O3/c1-4-16(27)8-15-7-14(6-13(3)26-15)9-25-19(28)17-10-24-18(5-12(17)2)29-11-20(21,22)23/h5-7,10H,4,8-9,11H2,1-3H3,(H,25,28). The maximum absolute atomic E-state index is 12.4. The highest BCUT2D eigenvalue weighted by Crippen LogP contribution is 2.19. The number of aryl methyl sites for hydroxylation is 2. The molecule has 0 saturated carbocycles. The minimum absolute atomic E-state index is 0.0765. The molecule has 1 N–H and O–H groups in total. The first kappa shape index (κ1) is 22.3. The van der Waals surface area contributed by atoms with Gasteiger partial charge in [0.05, 0.1) is 5.56 Å². The summed E-state index contributed by atoms with van der Waals surface area (Å²) in [6.07, 6.45) is -2.62. The SMILES string of the molecule is CCC(=O)Cc1cc(CNC(=O)c2cnc(OCC(F)(F)F)cc2C)cc(C)n1. The highest BCUT2D eigenvalue weighted by molar-refractivity contribution is 5.95. The summed E-state index contributed by atoms with van der Waals surface area (Å²) < 4.78 is 41.2. The van der Waals surface area contributed by atoms with Crippen LogP contribution in [0.25, 0.3) is 0 Å². The number of alkyl halides is 3. The molecular weight excluding hydrogens is 387 g/mol. The van der Waals surface area contributed by atoms with Gasteiger partial charge in [0.25, 0.3) is 5.91 Å². The summed E-state index contributed by atoms with van der Waals surface area (Å²) in [5, 5.41) is 2.74. The van der Waals surface area contributed by atoms with Crippen LogP contribution in [0.4, 0.5) is 13.2 Å². The predicted molar refractivity (Wildman–Crippen MR) is 99.7 cm³/mol. The number of nitrogens with one attached hydrogen (secondary N) is 1. The first-order valence-corrected chi connectivity index (χ1v) is 9.00. The van der Waals surface area contributed by atoms with Crippen LogP contribution in [0.15, 0.2) is 24.4 Å². The average Bonchev–Trinajstić information content (AvgIpc) is 2.63. The van der Waals surface area contributed by atoms with E-state index in [-0.39, 0.29) is 30.2 Å². The van der Waals surface area contributed by atoms with E-state index in [1.807, 2.05) is 0 Å². The Balaban J connectivity index is 2.03. The van der Waals surface area contributed by atoms with Gasteiger partial charge in [-0.15, -0.1) is 0 Å². The summed E-state index contributed by atoms with van der Waals surface area (Å²) in [5.41, 5.74) is 2.84. The van der Waals surface area contributed by atoms with Crippen molar-refractivity contribution in [3.63, 3.8) is 0 Å². The van der Waals surface area contributed by atoms with Crippen molar-refractivity contribution in [3.8, 4) is 5.88 Å². The van der Waals surface area contributed by atoms with Crippen LogP contribution in [-0.4, -0.2) is 34.4 Å². The number of rotatable bonds is 8. The Hall–Kier alpha value is -2.97. The van der Waals surface area contributed by atoms with E-state index in [9.17, 15) is 22.8 Å². The fourth-order valence-corrected chi connectivity index (χ4v) is 2.61. The number of ketones is 1. The molecule has 0 aromatic carbocycles. The molecule has 0 atom stereocenters. The molecule has 6 nitrogen and oxygen atoms in total. The molecule has 1 amide bonds. The number of carbonyl (C=O) groups is 2. The summed E-state index contributed by atoms with van der Waals surface area (Å²) in [4.78, 5) is 32.1. The number of halogens is 3. The number of aromatic nitrogens is 2. The lowest BCUT2D eigenvalue weighted by Crippen LogP contribution is -2.24. The first-order valence-electron chi connectivity index (χ1n) is 9.00. The molecule has 2 heterocycles. The number of amides is 1. The second-order valence-corrected chi connectivity index (χ2v) is 6.60. The second-order valence-electron chi connectivity index (χ2n) is 6.60. The quantitative estimate of drug-likeness (QED) is 0.722. The highest BCUT2D eigenvalue weighted by Gasteiger charge is 2.28. The van der Waals surface area contributed by atoms with E-state index >= 15 is 0 Å². The van der Waals surface area contributed by atoms with Gasteiger partial charge in [-0.1, -0.05) is 6.92 Å². The molecule has 0 bridgehead atoms. The van der Waals surface area contributed by atoms with Crippen molar-refractivity contribution in [2.75, 3.05) is 6.61 Å². The Bertz CT molecular complexity index is 898. The number of nitrogens with zero attached hydrogens (tertiary/aromatic N) is 2. The molecule has 0 aliphatic rings. The van der Waals surface area contributed by atoms with E-state index in [1.165, 1.54) is 12.3 Å². The number of hydrogen-bond donors (Lipinski definition) is 1. The summed E-state index contributed by atoms with van der Waals surface area (Å²) >= 11 is 0. The predicted octanol–water partition coefficient (Wildman–Crippen LogP) is 3.49. The lowest BCUT2D eigenvalue weighted by Gasteiger charge is -2.12. The topological polar surface area (TPSA) is 81.2 Å². The Kier molecular flexibility index (Phi) is 7.30. The van der Waals surface area contributed by atoms with Gasteiger partial charge in [-0.3, -0.25) is 14.6 Å². The van der Waals surface area contributed by atoms with E-state index in [0.717, 1.165) is 11.3 Å². The molecule has 0 radical (unpaired) electrons. The zero-order valence-electron chi connectivity index (χ0n) is 16.4. The smallest absolute Gasteiger partial charge is 0.422 e. The van der Waals surface area contributed by atoms with Gasteiger partial charge >= 0.3 is 6.18 Å². The van der Waals surface area contributed by atoms with Crippen LogP contribution in [0.2, 0.25) is 0 Å². The third kappa shape index (κ3) is 7.17. The lowest BCUT2D eigenvalue weighted by molar-refractivity contribution is -0.154. The number of ether oxygens (including phenoxy) is 1. The molecule has 0 saturated heterocycles. The molecule has 2 aromatic rings. The molecule has 9 heteroatoms. The van der Waals surface area contributed by atoms with E-state index < -0.39 is 18.7 Å². The van der Waals surface area contributed by atoms with Crippen molar-refractivity contribution in [2.45, 2.75) is 46.3 Å². The van der Waals surface area contributed by atoms with E-state index in [1.54, 1.807) is 32.9 Å². The van der Waals surface area contributed by atoms with Crippen LogP contribution >= 0.6 is 0 Å². The molecule has 0 unspecified atom stereocenters. The van der Waals surface area contributed by atoms with Gasteiger partial charge in [-0.2, -0.15) is 13.2 Å². The fourth-order valence-electron chi connectivity index (χ4n) is 2.61. The molecule has 0 aliphatic heterocycles. The van der Waals surface area contributed by atoms with Crippen LogP contribution < -0.4 is 10.1 Å². The summed E-state index contributed by atoms with van der Waals surface area (Å²) in [6, 6.07) is 4.85. The second kappa shape index (κ2) is 9.49. The Morgan fingerprint density at radius 3 is 2.52 bits per heavy atom. The van der Waals surface area contributed by atoms with E-state index in [2.05, 4.69) is 20.0 Å². The van der Waals surface area contributed by atoms with Crippen molar-refractivity contribution in [3.05, 3.63) is 52.5 Å². The van der Waals surface area contributed by atoms with Gasteiger partial charge < -0.3 is 10.1 Å². The van der Waals surface area contributed by atoms with Crippen LogP contribution in [0.1, 0.15) is 46.2 Å². The number of carbonyl (C=O) groups excluding carboxylic acids is 2. The zero-order chi connectivity index (χ0) is 21.6. The molecule has 2 aromatic heterocycles. The van der Waals surface area contributed by atoms with Gasteiger partial charge in [0.2, 0.25) is 5.88 Å². The van der Waals surface area contributed by atoms with Crippen LogP contribution in [0, 0.1) is 13.8 Å². The van der Waals surface area contributed by atoms with Crippen molar-refractivity contribution >= 4 is 11.7 Å². The van der Waals surface area contributed by atoms with E-state index in [0.29, 0.717) is 17.7 Å².